The van der Waals surface area contributed by atoms with Crippen molar-refractivity contribution in [2.24, 2.45) is 0 Å². The summed E-state index contributed by atoms with van der Waals surface area (Å²) in [6, 6.07) is 16.9. The minimum absolute atomic E-state index is 0.0732. The lowest BCUT2D eigenvalue weighted by molar-refractivity contribution is -0.141. The number of para-hydroxylation sites is 1. The van der Waals surface area contributed by atoms with E-state index in [1.165, 1.54) is 47.4 Å². The van der Waals surface area contributed by atoms with Gasteiger partial charge in [-0.15, -0.1) is 0 Å². The predicted molar refractivity (Wildman–Crippen MR) is 131 cm³/mol. The highest BCUT2D eigenvalue weighted by Crippen LogP contribution is 2.32. The molecular weight excluding hydrogens is 515 g/mol. The molecule has 1 aliphatic heterocycles. The normalized spacial score (nSPS) is 15.6. The Labute approximate surface area is 212 Å². The minimum atomic E-state index is -4.26. The van der Waals surface area contributed by atoms with Crippen molar-refractivity contribution in [1.82, 2.24) is 4.90 Å². The first-order chi connectivity index (χ1) is 16.7. The maximum atomic E-state index is 13.6. The summed E-state index contributed by atoms with van der Waals surface area (Å²) in [6.45, 7) is 0.327. The van der Waals surface area contributed by atoms with E-state index in [0.717, 1.165) is 4.47 Å². The van der Waals surface area contributed by atoms with E-state index in [1.54, 1.807) is 30.3 Å². The summed E-state index contributed by atoms with van der Waals surface area (Å²) in [7, 11) is -4.26. The lowest BCUT2D eigenvalue weighted by Gasteiger charge is -2.24. The average molecular weight is 535 g/mol. The van der Waals surface area contributed by atoms with Crippen molar-refractivity contribution in [2.45, 2.75) is 23.8 Å². The third-order valence-corrected chi connectivity index (χ3v) is 7.58. The minimum Gasteiger partial charge on any atom is -0.480 e. The van der Waals surface area contributed by atoms with Gasteiger partial charge >= 0.3 is 5.97 Å². The van der Waals surface area contributed by atoms with Gasteiger partial charge < -0.3 is 14.8 Å². The molecule has 0 aromatic heterocycles. The molecule has 1 aliphatic rings. The molecule has 35 heavy (non-hydrogen) atoms. The maximum Gasteiger partial charge on any atom is 0.326 e. The number of hydrogen-bond donors (Lipinski definition) is 1. The monoisotopic (exact) mass is 534 g/mol. The molecule has 1 saturated heterocycles. The predicted octanol–water partition coefficient (Wildman–Crippen LogP) is 4.87. The van der Waals surface area contributed by atoms with Crippen molar-refractivity contribution < 1.29 is 28.0 Å². The van der Waals surface area contributed by atoms with Gasteiger partial charge in [-0.05, 0) is 67.4 Å². The molecule has 1 unspecified atom stereocenters. The Morgan fingerprint density at radius 3 is 2.31 bits per heavy atom. The van der Waals surface area contributed by atoms with Gasteiger partial charge in [0.1, 0.15) is 6.04 Å². The number of carbonyl (C=O) groups is 2. The van der Waals surface area contributed by atoms with Crippen molar-refractivity contribution in [1.29, 1.82) is 0 Å². The third kappa shape index (κ3) is 5.22. The first kappa shape index (κ1) is 24.8. The number of likely N-dealkylation sites (tertiary alicyclic amines) is 1. The number of rotatable bonds is 7. The van der Waals surface area contributed by atoms with Crippen molar-refractivity contribution in [3.8, 4) is 5.75 Å². The molecule has 3 aromatic rings. The quantitative estimate of drug-likeness (QED) is 0.433. The molecule has 4 rings (SSSR count). The molecule has 8 nitrogen and oxygen atoms in total. The van der Waals surface area contributed by atoms with Gasteiger partial charge in [0.05, 0.1) is 15.6 Å². The number of benzene rings is 3. The van der Waals surface area contributed by atoms with Gasteiger partial charge in [-0.3, -0.25) is 4.79 Å². The number of carbonyl (C=O) groups excluding carboxylic acids is 1. The maximum absolute atomic E-state index is 13.6. The standard InChI is InChI=1S/C24H20Cl2N2O6S/c25-17-10-13-22(20(26)15-17)34-28(18-5-2-1-3-6-18)35(32,33)19-11-8-16(9-12-19)23(29)27-14-4-7-21(27)24(30)31/h1-3,5-6,8-13,15,21H,4,7,14H2,(H,30,31). The smallest absolute Gasteiger partial charge is 0.326 e. The zero-order valence-corrected chi connectivity index (χ0v) is 20.5. The second kappa shape index (κ2) is 10.2. The summed E-state index contributed by atoms with van der Waals surface area (Å²) in [6.07, 6.45) is 0.968. The molecule has 3 aromatic carbocycles. The summed E-state index contributed by atoms with van der Waals surface area (Å²) in [5, 5.41) is 9.83. The Kier molecular flexibility index (Phi) is 7.20. The molecule has 1 N–H and O–H groups in total. The van der Waals surface area contributed by atoms with E-state index >= 15 is 0 Å². The van der Waals surface area contributed by atoms with E-state index in [2.05, 4.69) is 0 Å². The van der Waals surface area contributed by atoms with Crippen LogP contribution in [0.25, 0.3) is 0 Å². The fraction of sp³-hybridized carbons (Fsp3) is 0.167. The lowest BCUT2D eigenvalue weighted by Crippen LogP contribution is -2.40. The van der Waals surface area contributed by atoms with Gasteiger partial charge in [0, 0.05) is 17.1 Å². The van der Waals surface area contributed by atoms with Crippen LogP contribution >= 0.6 is 23.2 Å². The molecule has 11 heteroatoms. The van der Waals surface area contributed by atoms with Crippen molar-refractivity contribution in [3.05, 3.63) is 88.4 Å². The molecule has 0 bridgehead atoms. The van der Waals surface area contributed by atoms with E-state index in [1.807, 2.05) is 0 Å². The van der Waals surface area contributed by atoms with Crippen molar-refractivity contribution in [3.63, 3.8) is 0 Å². The Bertz CT molecular complexity index is 1350. The zero-order valence-electron chi connectivity index (χ0n) is 18.2. The number of aliphatic carboxylic acids is 1. The second-order valence-corrected chi connectivity index (χ2v) is 10.3. The number of hydrogen-bond acceptors (Lipinski definition) is 5. The van der Waals surface area contributed by atoms with E-state index in [-0.39, 0.29) is 26.9 Å². The summed E-state index contributed by atoms with van der Waals surface area (Å²) in [5.74, 6) is -1.46. The van der Waals surface area contributed by atoms with Gasteiger partial charge in [-0.2, -0.15) is 8.42 Å². The van der Waals surface area contributed by atoms with Crippen LogP contribution in [0.1, 0.15) is 23.2 Å². The van der Waals surface area contributed by atoms with Crippen LogP contribution in [0.2, 0.25) is 10.0 Å². The Morgan fingerprint density at radius 2 is 1.69 bits per heavy atom. The van der Waals surface area contributed by atoms with Crippen LogP contribution in [0.3, 0.4) is 0 Å². The van der Waals surface area contributed by atoms with Crippen LogP contribution in [-0.4, -0.2) is 42.9 Å². The molecule has 0 saturated carbocycles. The van der Waals surface area contributed by atoms with Gasteiger partial charge in [-0.1, -0.05) is 45.9 Å². The van der Waals surface area contributed by atoms with Crippen LogP contribution in [0.15, 0.2) is 77.7 Å². The topological polar surface area (TPSA) is 104 Å². The highest BCUT2D eigenvalue weighted by molar-refractivity contribution is 7.92. The molecule has 0 aliphatic carbocycles. The van der Waals surface area contributed by atoms with Crippen LogP contribution < -0.4 is 9.31 Å². The lowest BCUT2D eigenvalue weighted by atomic mass is 10.1. The SMILES string of the molecule is O=C(O)C1CCCN1C(=O)c1ccc(S(=O)(=O)N(Oc2ccc(Cl)cc2Cl)c2ccccc2)cc1. The number of carboxylic acids is 1. The van der Waals surface area contributed by atoms with E-state index < -0.39 is 27.9 Å². The summed E-state index contributed by atoms with van der Waals surface area (Å²) >= 11 is 12.1. The molecule has 182 valence electrons. The Hall–Kier alpha value is -3.27. The highest BCUT2D eigenvalue weighted by atomic mass is 35.5. The third-order valence-electron chi connectivity index (χ3n) is 5.46. The number of anilines is 1. The van der Waals surface area contributed by atoms with E-state index in [9.17, 15) is 23.1 Å². The van der Waals surface area contributed by atoms with Gasteiger partial charge in [-0.25, -0.2) is 4.79 Å². The first-order valence-corrected chi connectivity index (χ1v) is 12.8. The van der Waals surface area contributed by atoms with E-state index in [4.69, 9.17) is 28.0 Å². The van der Waals surface area contributed by atoms with Crippen LogP contribution in [0.5, 0.6) is 5.75 Å². The molecule has 1 heterocycles. The number of carboxylic acid groups (broad SMARTS) is 1. The van der Waals surface area contributed by atoms with Gasteiger partial charge in [0.2, 0.25) is 0 Å². The van der Waals surface area contributed by atoms with Crippen LogP contribution in [0, 0.1) is 0 Å². The highest BCUT2D eigenvalue weighted by Gasteiger charge is 2.35. The molecule has 1 amide bonds. The molecule has 1 atom stereocenters. The first-order valence-electron chi connectivity index (χ1n) is 10.6. The summed E-state index contributed by atoms with van der Waals surface area (Å²) < 4.78 is 27.8. The molecule has 0 radical (unpaired) electrons. The Morgan fingerprint density at radius 1 is 1.00 bits per heavy atom. The second-order valence-electron chi connectivity index (χ2n) is 7.75. The van der Waals surface area contributed by atoms with Gasteiger partial charge in [0.25, 0.3) is 15.9 Å². The Balaban J connectivity index is 1.65. The largest absolute Gasteiger partial charge is 0.480 e. The number of amides is 1. The number of nitrogens with zero attached hydrogens (tertiary/aromatic N) is 2. The van der Waals surface area contributed by atoms with Crippen LogP contribution in [0.4, 0.5) is 5.69 Å². The van der Waals surface area contributed by atoms with Crippen molar-refractivity contribution in [2.75, 3.05) is 11.0 Å². The molecule has 1 fully saturated rings. The molecular formula is C24H20Cl2N2O6S. The summed E-state index contributed by atoms with van der Waals surface area (Å²) in [5.41, 5.74) is 0.407. The molecule has 0 spiro atoms. The van der Waals surface area contributed by atoms with Crippen LogP contribution in [-0.2, 0) is 14.8 Å². The number of halogens is 2. The fourth-order valence-electron chi connectivity index (χ4n) is 3.73. The number of sulfonamides is 1. The van der Waals surface area contributed by atoms with E-state index in [0.29, 0.717) is 24.4 Å². The van der Waals surface area contributed by atoms with Gasteiger partial charge in [0.15, 0.2) is 5.75 Å². The average Bonchev–Trinajstić information content (AvgIpc) is 3.34. The van der Waals surface area contributed by atoms with Crippen molar-refractivity contribution >= 4 is 50.8 Å². The fourth-order valence-corrected chi connectivity index (χ4v) is 5.42. The summed E-state index contributed by atoms with van der Waals surface area (Å²) in [4.78, 5) is 31.1. The zero-order chi connectivity index (χ0) is 25.2.